The van der Waals surface area contributed by atoms with Gasteiger partial charge in [-0.3, -0.25) is 4.98 Å². The van der Waals surface area contributed by atoms with Crippen LogP contribution in [0, 0.1) is 0 Å². The van der Waals surface area contributed by atoms with Crippen LogP contribution in [0.5, 0.6) is 0 Å². The van der Waals surface area contributed by atoms with E-state index in [1.165, 1.54) is 0 Å². The van der Waals surface area contributed by atoms with Crippen molar-refractivity contribution < 1.29 is 9.53 Å². The Kier molecular flexibility index (Phi) is 5.27. The molecule has 1 aromatic carbocycles. The molecule has 3 heterocycles. The van der Waals surface area contributed by atoms with Crippen LogP contribution in [0.4, 0.5) is 4.79 Å². The maximum atomic E-state index is 12.5. The van der Waals surface area contributed by atoms with Crippen molar-refractivity contribution >= 4 is 17.0 Å². The summed E-state index contributed by atoms with van der Waals surface area (Å²) in [6.07, 6.45) is 6.66. The van der Waals surface area contributed by atoms with Gasteiger partial charge in [0, 0.05) is 53.2 Å². The number of hydrogen-bond donors (Lipinski definition) is 3. The largest absolute Gasteiger partial charge is 0.438 e. The first-order valence-corrected chi connectivity index (χ1v) is 9.88. The van der Waals surface area contributed by atoms with E-state index in [4.69, 9.17) is 9.72 Å². The molecule has 0 aliphatic heterocycles. The molecular formula is C23H25N5O2. The number of ether oxygens (including phenoxy) is 1. The van der Waals surface area contributed by atoms with Crippen LogP contribution < -0.4 is 5.32 Å². The highest BCUT2D eigenvalue weighted by Gasteiger charge is 2.24. The first-order chi connectivity index (χ1) is 14.4. The number of aromatic nitrogens is 4. The Morgan fingerprint density at radius 2 is 1.87 bits per heavy atom. The molecule has 3 aromatic heterocycles. The third-order valence-corrected chi connectivity index (χ3v) is 4.69. The lowest BCUT2D eigenvalue weighted by atomic mass is 10.1. The highest BCUT2D eigenvalue weighted by Crippen LogP contribution is 2.27. The molecule has 0 saturated carbocycles. The van der Waals surface area contributed by atoms with Crippen LogP contribution >= 0.6 is 0 Å². The fraction of sp³-hybridized carbons (Fsp3) is 0.261. The molecule has 0 saturated heterocycles. The van der Waals surface area contributed by atoms with Gasteiger partial charge in [-0.15, -0.1) is 0 Å². The number of para-hydroxylation sites is 1. The number of alkyl carbamates (subject to hydrolysis) is 1. The highest BCUT2D eigenvalue weighted by atomic mass is 16.6. The molecule has 4 aromatic rings. The van der Waals surface area contributed by atoms with Crippen molar-refractivity contribution in [2.24, 2.45) is 0 Å². The summed E-state index contributed by atoms with van der Waals surface area (Å²) in [5, 5.41) is 3.96. The maximum Gasteiger partial charge on any atom is 0.408 e. The average Bonchev–Trinajstić information content (AvgIpc) is 3.35. The monoisotopic (exact) mass is 403 g/mol. The number of carbonyl (C=O) groups is 1. The first kappa shape index (κ1) is 19.7. The molecular weight excluding hydrogens is 378 g/mol. The van der Waals surface area contributed by atoms with Crippen LogP contribution in [0.2, 0.25) is 0 Å². The van der Waals surface area contributed by atoms with Gasteiger partial charge in [-0.05, 0) is 44.5 Å². The maximum absolute atomic E-state index is 12.5. The smallest absolute Gasteiger partial charge is 0.408 e. The van der Waals surface area contributed by atoms with Gasteiger partial charge in [0.05, 0.1) is 5.69 Å². The molecule has 4 rings (SSSR count). The molecule has 0 spiro atoms. The third kappa shape index (κ3) is 4.51. The van der Waals surface area contributed by atoms with E-state index in [2.05, 4.69) is 26.3 Å². The van der Waals surface area contributed by atoms with Gasteiger partial charge in [-0.2, -0.15) is 0 Å². The van der Waals surface area contributed by atoms with Crippen molar-refractivity contribution in [1.29, 1.82) is 0 Å². The fourth-order valence-corrected chi connectivity index (χ4v) is 3.33. The second kappa shape index (κ2) is 8.02. The van der Waals surface area contributed by atoms with Crippen LogP contribution in [-0.4, -0.2) is 31.6 Å². The summed E-state index contributed by atoms with van der Waals surface area (Å²) in [7, 11) is 0. The molecule has 154 valence electrons. The van der Waals surface area contributed by atoms with Gasteiger partial charge >= 0.3 is 6.09 Å². The predicted octanol–water partition coefficient (Wildman–Crippen LogP) is 4.76. The van der Waals surface area contributed by atoms with E-state index in [9.17, 15) is 4.79 Å². The SMILES string of the molecule is CC(C)(C)NC(=O)O[C@H](Cc1c[nH]c2ccccc12)c1nc(-c2ccncc2)c[nH]1. The van der Waals surface area contributed by atoms with Gasteiger partial charge in [0.15, 0.2) is 6.10 Å². The van der Waals surface area contributed by atoms with Crippen molar-refractivity contribution in [3.63, 3.8) is 0 Å². The Bertz CT molecular complexity index is 1140. The normalized spacial score (nSPS) is 12.6. The zero-order valence-corrected chi connectivity index (χ0v) is 17.3. The van der Waals surface area contributed by atoms with Crippen LogP contribution in [0.3, 0.4) is 0 Å². The number of pyridine rings is 1. The first-order valence-electron chi connectivity index (χ1n) is 9.88. The second-order valence-electron chi connectivity index (χ2n) is 8.24. The summed E-state index contributed by atoms with van der Waals surface area (Å²) in [5.74, 6) is 0.594. The lowest BCUT2D eigenvalue weighted by Crippen LogP contribution is -2.41. The molecule has 0 fully saturated rings. The number of imidazole rings is 1. The van der Waals surface area contributed by atoms with Gasteiger partial charge in [-0.1, -0.05) is 18.2 Å². The van der Waals surface area contributed by atoms with Crippen molar-refractivity contribution in [2.45, 2.75) is 38.8 Å². The number of fused-ring (bicyclic) bond motifs is 1. The van der Waals surface area contributed by atoms with E-state index >= 15 is 0 Å². The third-order valence-electron chi connectivity index (χ3n) is 4.69. The van der Waals surface area contributed by atoms with E-state index in [0.717, 1.165) is 27.7 Å². The summed E-state index contributed by atoms with van der Waals surface area (Å²) in [5.41, 5.74) is 3.42. The Labute approximate surface area is 174 Å². The molecule has 3 N–H and O–H groups in total. The minimum absolute atomic E-state index is 0.395. The van der Waals surface area contributed by atoms with Crippen LogP contribution in [0.1, 0.15) is 38.3 Å². The predicted molar refractivity (Wildman–Crippen MR) is 116 cm³/mol. The molecule has 1 atom stereocenters. The number of hydrogen-bond acceptors (Lipinski definition) is 4. The summed E-state index contributed by atoms with van der Waals surface area (Å²) < 4.78 is 5.81. The summed E-state index contributed by atoms with van der Waals surface area (Å²) in [4.78, 5) is 27.7. The lowest BCUT2D eigenvalue weighted by Gasteiger charge is -2.23. The topological polar surface area (TPSA) is 95.7 Å². The van der Waals surface area contributed by atoms with Crippen LogP contribution in [0.25, 0.3) is 22.2 Å². The van der Waals surface area contributed by atoms with E-state index in [-0.39, 0.29) is 0 Å². The summed E-state index contributed by atoms with van der Waals surface area (Å²) in [6.45, 7) is 5.74. The number of amides is 1. The summed E-state index contributed by atoms with van der Waals surface area (Å²) in [6, 6.07) is 11.8. The zero-order chi connectivity index (χ0) is 21.1. The van der Waals surface area contributed by atoms with Crippen LogP contribution in [0.15, 0.2) is 61.2 Å². The number of H-pyrrole nitrogens is 2. The molecule has 0 aliphatic carbocycles. The number of benzene rings is 1. The quantitative estimate of drug-likeness (QED) is 0.448. The van der Waals surface area contributed by atoms with Gasteiger partial charge < -0.3 is 20.0 Å². The van der Waals surface area contributed by atoms with Gasteiger partial charge in [-0.25, -0.2) is 9.78 Å². The molecule has 30 heavy (non-hydrogen) atoms. The Morgan fingerprint density at radius 1 is 1.10 bits per heavy atom. The highest BCUT2D eigenvalue weighted by molar-refractivity contribution is 5.83. The van der Waals surface area contributed by atoms with E-state index in [1.807, 2.05) is 63.5 Å². The van der Waals surface area contributed by atoms with E-state index in [1.54, 1.807) is 12.4 Å². The second-order valence-corrected chi connectivity index (χ2v) is 8.24. The van der Waals surface area contributed by atoms with Crippen molar-refractivity contribution in [1.82, 2.24) is 25.3 Å². The number of rotatable bonds is 5. The lowest BCUT2D eigenvalue weighted by molar-refractivity contribution is 0.0871. The van der Waals surface area contributed by atoms with E-state index < -0.39 is 17.7 Å². The number of nitrogens with one attached hydrogen (secondary N) is 3. The average molecular weight is 403 g/mol. The standard InChI is InChI=1S/C23H25N5O2/c1-23(2,3)28-22(29)30-20(12-16-13-25-18-7-5-4-6-17(16)18)21-26-14-19(27-21)15-8-10-24-11-9-15/h4-11,13-14,20,25H,12H2,1-3H3,(H,26,27)(H,28,29)/t20-/m1/s1. The van der Waals surface area contributed by atoms with Gasteiger partial charge in [0.2, 0.25) is 0 Å². The minimum Gasteiger partial charge on any atom is -0.438 e. The molecule has 0 radical (unpaired) electrons. The summed E-state index contributed by atoms with van der Waals surface area (Å²) >= 11 is 0. The van der Waals surface area contributed by atoms with Gasteiger partial charge in [0.25, 0.3) is 0 Å². The van der Waals surface area contributed by atoms with Crippen molar-refractivity contribution in [3.8, 4) is 11.3 Å². The Hall–Kier alpha value is -3.61. The number of carbonyl (C=O) groups excluding carboxylic acids is 1. The Morgan fingerprint density at radius 3 is 2.63 bits per heavy atom. The van der Waals surface area contributed by atoms with Crippen molar-refractivity contribution in [2.75, 3.05) is 0 Å². The molecule has 1 amide bonds. The van der Waals surface area contributed by atoms with Crippen LogP contribution in [-0.2, 0) is 11.2 Å². The zero-order valence-electron chi connectivity index (χ0n) is 17.3. The molecule has 0 aliphatic rings. The number of nitrogens with zero attached hydrogens (tertiary/aromatic N) is 2. The minimum atomic E-state index is -0.567. The fourth-order valence-electron chi connectivity index (χ4n) is 3.33. The number of aromatic amines is 2. The van der Waals surface area contributed by atoms with Crippen molar-refractivity contribution in [3.05, 3.63) is 72.6 Å². The van der Waals surface area contributed by atoms with Gasteiger partial charge in [0.1, 0.15) is 5.82 Å². The van der Waals surface area contributed by atoms with E-state index in [0.29, 0.717) is 12.2 Å². The molecule has 7 nitrogen and oxygen atoms in total. The molecule has 0 bridgehead atoms. The Balaban J connectivity index is 1.63. The molecule has 7 heteroatoms. The molecule has 0 unspecified atom stereocenters.